The summed E-state index contributed by atoms with van der Waals surface area (Å²) >= 11 is 0. The molecule has 3 heteroatoms. The Hall–Kier alpha value is -2.60. The third-order valence-electron chi connectivity index (χ3n) is 2.79. The zero-order chi connectivity index (χ0) is 13.5. The minimum absolute atomic E-state index is 0.441. The molecule has 1 unspecified atom stereocenters. The van der Waals surface area contributed by atoms with E-state index in [0.717, 1.165) is 11.1 Å². The Bertz CT molecular complexity index is 585. The summed E-state index contributed by atoms with van der Waals surface area (Å²) in [6.07, 6.45) is 0. The van der Waals surface area contributed by atoms with Gasteiger partial charge in [0, 0.05) is 5.56 Å². The average Bonchev–Trinajstić information content (AvgIpc) is 2.49. The molecule has 94 valence electrons. The molecule has 0 saturated heterocycles. The van der Waals surface area contributed by atoms with Crippen LogP contribution in [0.4, 0.5) is 0 Å². The fourth-order valence-electron chi connectivity index (χ4n) is 1.92. The molecule has 2 aromatic rings. The van der Waals surface area contributed by atoms with Crippen LogP contribution in [0.2, 0.25) is 0 Å². The Morgan fingerprint density at radius 3 is 2.16 bits per heavy atom. The van der Waals surface area contributed by atoms with E-state index in [-0.39, 0.29) is 0 Å². The van der Waals surface area contributed by atoms with Crippen molar-refractivity contribution in [1.82, 2.24) is 0 Å². The largest absolute Gasteiger partial charge is 0.399 e. The highest BCUT2D eigenvalue weighted by atomic mass is 16.6. The lowest BCUT2D eigenvalue weighted by Gasteiger charge is -2.12. The number of nitriles is 1. The van der Waals surface area contributed by atoms with Gasteiger partial charge in [0.1, 0.15) is 18.7 Å². The Balaban J connectivity index is 2.45. The summed E-state index contributed by atoms with van der Waals surface area (Å²) in [6.45, 7) is 0. The molecule has 0 spiro atoms. The second-order valence-electron chi connectivity index (χ2n) is 4.00. The van der Waals surface area contributed by atoms with Crippen molar-refractivity contribution in [3.05, 3.63) is 71.8 Å². The van der Waals surface area contributed by atoms with Gasteiger partial charge in [0.2, 0.25) is 0 Å². The molecule has 0 aliphatic carbocycles. The van der Waals surface area contributed by atoms with Crippen LogP contribution in [-0.2, 0) is 4.84 Å². The fourth-order valence-corrected chi connectivity index (χ4v) is 1.92. The molecule has 0 radical (unpaired) electrons. The summed E-state index contributed by atoms with van der Waals surface area (Å²) in [5.74, 6) is -0.441. The first-order valence-electron chi connectivity index (χ1n) is 5.98. The lowest BCUT2D eigenvalue weighted by Crippen LogP contribution is -2.13. The molecule has 0 amide bonds. The van der Waals surface area contributed by atoms with Gasteiger partial charge in [-0.2, -0.15) is 5.26 Å². The van der Waals surface area contributed by atoms with E-state index in [4.69, 9.17) is 4.84 Å². The highest BCUT2D eigenvalue weighted by Crippen LogP contribution is 2.21. The second kappa shape index (κ2) is 6.36. The van der Waals surface area contributed by atoms with Crippen LogP contribution in [-0.4, -0.2) is 12.8 Å². The van der Waals surface area contributed by atoms with E-state index in [9.17, 15) is 5.26 Å². The van der Waals surface area contributed by atoms with Crippen molar-refractivity contribution in [3.63, 3.8) is 0 Å². The third kappa shape index (κ3) is 2.99. The molecular formula is C16H14N2O. The Kier molecular flexibility index (Phi) is 4.30. The van der Waals surface area contributed by atoms with Crippen molar-refractivity contribution < 1.29 is 4.84 Å². The van der Waals surface area contributed by atoms with Gasteiger partial charge in [0.15, 0.2) is 0 Å². The Morgan fingerprint density at radius 2 is 1.63 bits per heavy atom. The number of hydrogen-bond donors (Lipinski definition) is 0. The number of hydrogen-bond acceptors (Lipinski definition) is 3. The number of rotatable bonds is 4. The van der Waals surface area contributed by atoms with Crippen LogP contribution in [0.1, 0.15) is 17.0 Å². The quantitative estimate of drug-likeness (QED) is 0.617. The van der Waals surface area contributed by atoms with E-state index < -0.39 is 5.92 Å². The Morgan fingerprint density at radius 1 is 1.05 bits per heavy atom. The van der Waals surface area contributed by atoms with Crippen LogP contribution in [0.15, 0.2) is 65.8 Å². The molecule has 0 bridgehead atoms. The van der Waals surface area contributed by atoms with Crippen LogP contribution in [0.3, 0.4) is 0 Å². The first kappa shape index (κ1) is 12.8. The van der Waals surface area contributed by atoms with Gasteiger partial charge in [-0.05, 0) is 5.56 Å². The van der Waals surface area contributed by atoms with Crippen LogP contribution in [0, 0.1) is 11.3 Å². The fraction of sp³-hybridized carbons (Fsp3) is 0.125. The normalized spacial score (nSPS) is 12.5. The van der Waals surface area contributed by atoms with E-state index in [1.807, 2.05) is 60.7 Å². The maximum atomic E-state index is 9.45. The molecule has 0 heterocycles. The van der Waals surface area contributed by atoms with E-state index >= 15 is 0 Å². The molecule has 2 rings (SSSR count). The SMILES string of the molecule is CO/N=C(\c1ccccc1)C(C#N)c1ccccc1. The predicted octanol–water partition coefficient (Wildman–Crippen LogP) is 3.34. The van der Waals surface area contributed by atoms with Gasteiger partial charge in [0.25, 0.3) is 0 Å². The maximum Gasteiger partial charge on any atom is 0.117 e. The molecule has 19 heavy (non-hydrogen) atoms. The zero-order valence-corrected chi connectivity index (χ0v) is 10.7. The van der Waals surface area contributed by atoms with Crippen LogP contribution in [0.5, 0.6) is 0 Å². The lowest BCUT2D eigenvalue weighted by atomic mass is 9.91. The van der Waals surface area contributed by atoms with Crippen LogP contribution < -0.4 is 0 Å². The highest BCUT2D eigenvalue weighted by molar-refractivity contribution is 6.06. The average molecular weight is 250 g/mol. The molecule has 1 atom stereocenters. The summed E-state index contributed by atoms with van der Waals surface area (Å²) in [7, 11) is 1.49. The van der Waals surface area contributed by atoms with Gasteiger partial charge < -0.3 is 4.84 Å². The summed E-state index contributed by atoms with van der Waals surface area (Å²) in [4.78, 5) is 4.90. The molecule has 0 aliphatic rings. The second-order valence-corrected chi connectivity index (χ2v) is 4.00. The predicted molar refractivity (Wildman–Crippen MR) is 74.8 cm³/mol. The molecule has 0 aromatic heterocycles. The molecule has 0 aliphatic heterocycles. The number of benzene rings is 2. The summed E-state index contributed by atoms with van der Waals surface area (Å²) in [5, 5.41) is 13.5. The van der Waals surface area contributed by atoms with Gasteiger partial charge in [-0.25, -0.2) is 0 Å². The van der Waals surface area contributed by atoms with E-state index in [2.05, 4.69) is 11.2 Å². The topological polar surface area (TPSA) is 45.4 Å². The third-order valence-corrected chi connectivity index (χ3v) is 2.79. The Labute approximate surface area is 112 Å². The van der Waals surface area contributed by atoms with E-state index in [1.165, 1.54) is 7.11 Å². The molecule has 0 fully saturated rings. The summed E-state index contributed by atoms with van der Waals surface area (Å²) < 4.78 is 0. The van der Waals surface area contributed by atoms with Gasteiger partial charge in [-0.1, -0.05) is 65.8 Å². The van der Waals surface area contributed by atoms with Gasteiger partial charge in [-0.3, -0.25) is 0 Å². The summed E-state index contributed by atoms with van der Waals surface area (Å²) in [5.41, 5.74) is 2.42. The minimum atomic E-state index is -0.441. The van der Waals surface area contributed by atoms with Crippen molar-refractivity contribution in [2.75, 3.05) is 7.11 Å². The molecule has 0 saturated carbocycles. The summed E-state index contributed by atoms with van der Waals surface area (Å²) in [6, 6.07) is 21.5. The highest BCUT2D eigenvalue weighted by Gasteiger charge is 2.20. The first-order valence-corrected chi connectivity index (χ1v) is 5.98. The monoisotopic (exact) mass is 250 g/mol. The standard InChI is InChI=1S/C16H14N2O/c1-19-18-16(14-10-6-3-7-11-14)15(12-17)13-8-4-2-5-9-13/h2-11,15H,1H3/b18-16+. The first-order chi connectivity index (χ1) is 9.36. The van der Waals surface area contributed by atoms with Crippen LogP contribution in [0.25, 0.3) is 0 Å². The maximum absolute atomic E-state index is 9.45. The van der Waals surface area contributed by atoms with Crippen molar-refractivity contribution >= 4 is 5.71 Å². The van der Waals surface area contributed by atoms with E-state index in [0.29, 0.717) is 5.71 Å². The smallest absolute Gasteiger partial charge is 0.117 e. The van der Waals surface area contributed by atoms with Gasteiger partial charge in [-0.15, -0.1) is 0 Å². The van der Waals surface area contributed by atoms with Crippen molar-refractivity contribution in [2.24, 2.45) is 5.16 Å². The minimum Gasteiger partial charge on any atom is -0.399 e. The molecule has 2 aromatic carbocycles. The molecule has 3 nitrogen and oxygen atoms in total. The van der Waals surface area contributed by atoms with Crippen molar-refractivity contribution in [1.29, 1.82) is 5.26 Å². The van der Waals surface area contributed by atoms with Crippen molar-refractivity contribution in [2.45, 2.75) is 5.92 Å². The molecule has 0 N–H and O–H groups in total. The van der Waals surface area contributed by atoms with Crippen LogP contribution >= 0.6 is 0 Å². The van der Waals surface area contributed by atoms with Gasteiger partial charge in [0.05, 0.1) is 6.07 Å². The lowest BCUT2D eigenvalue weighted by molar-refractivity contribution is 0.212. The molecular weight excluding hydrogens is 236 g/mol. The van der Waals surface area contributed by atoms with Crippen molar-refractivity contribution in [3.8, 4) is 6.07 Å². The van der Waals surface area contributed by atoms with E-state index in [1.54, 1.807) is 0 Å². The number of nitrogens with zero attached hydrogens (tertiary/aromatic N) is 2. The van der Waals surface area contributed by atoms with Gasteiger partial charge >= 0.3 is 0 Å². The zero-order valence-electron chi connectivity index (χ0n) is 10.7. The number of oxime groups is 1.